The fourth-order valence-corrected chi connectivity index (χ4v) is 1.85. The molecule has 0 spiro atoms. The van der Waals surface area contributed by atoms with Crippen LogP contribution in [0.3, 0.4) is 0 Å². The van der Waals surface area contributed by atoms with Crippen LogP contribution in [-0.4, -0.2) is 17.0 Å². The maximum Gasteiger partial charge on any atom is 0.145 e. The Morgan fingerprint density at radius 1 is 1.16 bits per heavy atom. The van der Waals surface area contributed by atoms with E-state index in [1.54, 1.807) is 6.07 Å². The van der Waals surface area contributed by atoms with Crippen LogP contribution in [0.15, 0.2) is 36.7 Å². The number of aromatic nitrogens is 2. The largest absolute Gasteiger partial charge is 0.355 e. The molecule has 2 aromatic rings. The van der Waals surface area contributed by atoms with Crippen molar-refractivity contribution in [2.24, 2.45) is 0 Å². The summed E-state index contributed by atoms with van der Waals surface area (Å²) in [7, 11) is 1.96. The van der Waals surface area contributed by atoms with E-state index in [1.165, 1.54) is 17.5 Å². The Morgan fingerprint density at radius 2 is 1.84 bits per heavy atom. The van der Waals surface area contributed by atoms with Gasteiger partial charge >= 0.3 is 0 Å². The molecular weight excluding hydrogens is 236 g/mol. The Hall–Kier alpha value is -2.41. The number of anilines is 1. The number of rotatable bonds is 4. The zero-order valence-electron chi connectivity index (χ0n) is 11.2. The van der Waals surface area contributed by atoms with E-state index in [1.807, 2.05) is 18.0 Å². The molecule has 0 saturated heterocycles. The normalized spacial score (nSPS) is 9.95. The SMILES string of the molecule is CCc1ccc(CN(C)c2cc(C#N)ncn2)cc1. The molecule has 1 aromatic heterocycles. The molecule has 0 aliphatic carbocycles. The van der Waals surface area contributed by atoms with Gasteiger partial charge < -0.3 is 4.90 Å². The van der Waals surface area contributed by atoms with Crippen LogP contribution in [0.1, 0.15) is 23.7 Å². The molecular formula is C15H16N4. The highest BCUT2D eigenvalue weighted by molar-refractivity contribution is 5.42. The van der Waals surface area contributed by atoms with Crippen LogP contribution in [0.25, 0.3) is 0 Å². The van der Waals surface area contributed by atoms with Crippen LogP contribution in [-0.2, 0) is 13.0 Å². The predicted molar refractivity (Wildman–Crippen MR) is 74.7 cm³/mol. The molecule has 0 aliphatic heterocycles. The summed E-state index contributed by atoms with van der Waals surface area (Å²) < 4.78 is 0. The van der Waals surface area contributed by atoms with Crippen LogP contribution in [0.4, 0.5) is 5.82 Å². The lowest BCUT2D eigenvalue weighted by Gasteiger charge is -2.18. The van der Waals surface area contributed by atoms with E-state index in [4.69, 9.17) is 5.26 Å². The predicted octanol–water partition coefficient (Wildman–Crippen LogP) is 2.55. The topological polar surface area (TPSA) is 52.8 Å². The number of nitrogens with zero attached hydrogens (tertiary/aromatic N) is 4. The maximum absolute atomic E-state index is 8.83. The standard InChI is InChI=1S/C15H16N4/c1-3-12-4-6-13(7-5-12)10-19(2)15-8-14(9-16)17-11-18-15/h4-8,11H,3,10H2,1-2H3. The van der Waals surface area contributed by atoms with Crippen molar-refractivity contribution in [1.29, 1.82) is 5.26 Å². The lowest BCUT2D eigenvalue weighted by Crippen LogP contribution is -2.17. The maximum atomic E-state index is 8.83. The van der Waals surface area contributed by atoms with Gasteiger partial charge in [-0.2, -0.15) is 5.26 Å². The molecule has 0 fully saturated rings. The minimum absolute atomic E-state index is 0.387. The van der Waals surface area contributed by atoms with Crippen LogP contribution in [0.5, 0.6) is 0 Å². The second-order valence-electron chi connectivity index (χ2n) is 4.40. The van der Waals surface area contributed by atoms with Crippen molar-refractivity contribution in [1.82, 2.24) is 9.97 Å². The van der Waals surface area contributed by atoms with Crippen molar-refractivity contribution in [3.05, 3.63) is 53.5 Å². The highest BCUT2D eigenvalue weighted by atomic mass is 15.2. The molecule has 0 N–H and O–H groups in total. The minimum Gasteiger partial charge on any atom is -0.355 e. The zero-order valence-corrected chi connectivity index (χ0v) is 11.2. The van der Waals surface area contributed by atoms with Crippen molar-refractivity contribution in [2.45, 2.75) is 19.9 Å². The van der Waals surface area contributed by atoms with Gasteiger partial charge in [-0.1, -0.05) is 31.2 Å². The van der Waals surface area contributed by atoms with Gasteiger partial charge in [0.1, 0.15) is 23.9 Å². The molecule has 4 heteroatoms. The van der Waals surface area contributed by atoms with Crippen LogP contribution >= 0.6 is 0 Å². The van der Waals surface area contributed by atoms with E-state index in [9.17, 15) is 0 Å². The first-order valence-electron chi connectivity index (χ1n) is 6.24. The van der Waals surface area contributed by atoms with Gasteiger partial charge in [0.05, 0.1) is 0 Å². The van der Waals surface area contributed by atoms with Crippen LogP contribution in [0.2, 0.25) is 0 Å². The second-order valence-corrected chi connectivity index (χ2v) is 4.40. The van der Waals surface area contributed by atoms with Gasteiger partial charge in [0, 0.05) is 19.7 Å². The fraction of sp³-hybridized carbons (Fsp3) is 0.267. The van der Waals surface area contributed by atoms with Gasteiger partial charge in [-0.15, -0.1) is 0 Å². The van der Waals surface area contributed by atoms with Crippen molar-refractivity contribution < 1.29 is 0 Å². The Labute approximate surface area is 113 Å². The zero-order chi connectivity index (χ0) is 13.7. The van der Waals surface area contributed by atoms with E-state index < -0.39 is 0 Å². The summed E-state index contributed by atoms with van der Waals surface area (Å²) in [5.74, 6) is 0.756. The summed E-state index contributed by atoms with van der Waals surface area (Å²) in [5.41, 5.74) is 2.94. The average molecular weight is 252 g/mol. The first kappa shape index (κ1) is 13.0. The number of hydrogen-bond acceptors (Lipinski definition) is 4. The fourth-order valence-electron chi connectivity index (χ4n) is 1.85. The molecule has 0 amide bonds. The van der Waals surface area contributed by atoms with E-state index in [0.717, 1.165) is 18.8 Å². The van der Waals surface area contributed by atoms with Gasteiger partial charge in [-0.05, 0) is 17.5 Å². The van der Waals surface area contributed by atoms with Crippen molar-refractivity contribution in [3.63, 3.8) is 0 Å². The molecule has 0 unspecified atom stereocenters. The quantitative estimate of drug-likeness (QED) is 0.839. The van der Waals surface area contributed by atoms with Gasteiger partial charge in [-0.25, -0.2) is 9.97 Å². The highest BCUT2D eigenvalue weighted by Crippen LogP contribution is 2.13. The lowest BCUT2D eigenvalue weighted by atomic mass is 10.1. The molecule has 1 aromatic carbocycles. The molecule has 4 nitrogen and oxygen atoms in total. The summed E-state index contributed by atoms with van der Waals surface area (Å²) in [6, 6.07) is 12.3. The second kappa shape index (κ2) is 5.96. The van der Waals surface area contributed by atoms with Crippen LogP contribution < -0.4 is 4.90 Å². The molecule has 1 heterocycles. The van der Waals surface area contributed by atoms with Crippen molar-refractivity contribution in [2.75, 3.05) is 11.9 Å². The first-order valence-corrected chi connectivity index (χ1v) is 6.24. The van der Waals surface area contributed by atoms with E-state index >= 15 is 0 Å². The van der Waals surface area contributed by atoms with Crippen LogP contribution in [0, 0.1) is 11.3 Å². The molecule has 96 valence electrons. The third-order valence-electron chi connectivity index (χ3n) is 3.01. The Morgan fingerprint density at radius 3 is 2.47 bits per heavy atom. The number of aryl methyl sites for hydroxylation is 1. The summed E-state index contributed by atoms with van der Waals surface area (Å²) in [6.07, 6.45) is 2.47. The minimum atomic E-state index is 0.387. The van der Waals surface area contributed by atoms with Gasteiger partial charge in [-0.3, -0.25) is 0 Å². The summed E-state index contributed by atoms with van der Waals surface area (Å²) in [6.45, 7) is 2.90. The number of benzene rings is 1. The molecule has 0 atom stereocenters. The highest BCUT2D eigenvalue weighted by Gasteiger charge is 2.05. The molecule has 0 aliphatic rings. The van der Waals surface area contributed by atoms with Gasteiger partial charge in [0.15, 0.2) is 0 Å². The number of nitriles is 1. The average Bonchev–Trinajstić information content (AvgIpc) is 2.48. The van der Waals surface area contributed by atoms with Gasteiger partial charge in [0.2, 0.25) is 0 Å². The molecule has 0 saturated carbocycles. The molecule has 0 radical (unpaired) electrons. The van der Waals surface area contributed by atoms with Gasteiger partial charge in [0.25, 0.3) is 0 Å². The Bertz CT molecular complexity index is 584. The Balaban J connectivity index is 2.11. The van der Waals surface area contributed by atoms with Crippen molar-refractivity contribution >= 4 is 5.82 Å². The third kappa shape index (κ3) is 3.29. The van der Waals surface area contributed by atoms with E-state index in [-0.39, 0.29) is 0 Å². The molecule has 2 rings (SSSR count). The number of hydrogen-bond donors (Lipinski definition) is 0. The van der Waals surface area contributed by atoms with E-state index in [2.05, 4.69) is 41.2 Å². The third-order valence-corrected chi connectivity index (χ3v) is 3.01. The van der Waals surface area contributed by atoms with Crippen molar-refractivity contribution in [3.8, 4) is 6.07 Å². The Kier molecular flexibility index (Phi) is 4.09. The first-order chi connectivity index (χ1) is 9.22. The summed E-state index contributed by atoms with van der Waals surface area (Å²) in [5, 5.41) is 8.83. The summed E-state index contributed by atoms with van der Waals surface area (Å²) in [4.78, 5) is 10.1. The smallest absolute Gasteiger partial charge is 0.145 e. The summed E-state index contributed by atoms with van der Waals surface area (Å²) >= 11 is 0. The molecule has 0 bridgehead atoms. The molecule has 19 heavy (non-hydrogen) atoms. The van der Waals surface area contributed by atoms with E-state index in [0.29, 0.717) is 5.69 Å². The monoisotopic (exact) mass is 252 g/mol. The lowest BCUT2D eigenvalue weighted by molar-refractivity contribution is 0.888.